The molecule has 0 aromatic heterocycles. The van der Waals surface area contributed by atoms with Crippen LogP contribution in [-0.2, 0) is 24.3 Å². The van der Waals surface area contributed by atoms with Gasteiger partial charge in [0.25, 0.3) is 0 Å². The van der Waals surface area contributed by atoms with Crippen molar-refractivity contribution in [3.63, 3.8) is 0 Å². The van der Waals surface area contributed by atoms with E-state index in [1.54, 1.807) is 6.92 Å². The number of carboxylic acids is 1. The molecule has 7 nitrogen and oxygen atoms in total. The molecule has 0 aromatic rings. The third-order valence-electron chi connectivity index (χ3n) is 2.67. The summed E-state index contributed by atoms with van der Waals surface area (Å²) in [6, 6.07) is -0.277. The van der Waals surface area contributed by atoms with Crippen LogP contribution in [0.4, 0.5) is 0 Å². The first-order valence-electron chi connectivity index (χ1n) is 5.69. The van der Waals surface area contributed by atoms with Gasteiger partial charge in [-0.3, -0.25) is 9.59 Å². The maximum Gasteiger partial charge on any atom is 0.323 e. The van der Waals surface area contributed by atoms with E-state index in [9.17, 15) is 18.0 Å². The molecular weight excluding hydrogens is 262 g/mol. The first kappa shape index (κ1) is 14.9. The first-order chi connectivity index (χ1) is 8.30. The quantitative estimate of drug-likeness (QED) is 0.649. The van der Waals surface area contributed by atoms with Gasteiger partial charge in [0.2, 0.25) is 10.0 Å². The molecule has 104 valence electrons. The van der Waals surface area contributed by atoms with Crippen molar-refractivity contribution in [1.82, 2.24) is 4.31 Å². The first-order valence-corrected chi connectivity index (χ1v) is 7.20. The Balaban J connectivity index is 2.84. The Morgan fingerprint density at radius 2 is 2.00 bits per heavy atom. The fourth-order valence-electron chi connectivity index (χ4n) is 1.45. The topological polar surface area (TPSA) is 101 Å². The Labute approximate surface area is 106 Å². The lowest BCUT2D eigenvalue weighted by Crippen LogP contribution is -2.45. The Morgan fingerprint density at radius 1 is 1.44 bits per heavy atom. The average molecular weight is 279 g/mol. The second-order valence-electron chi connectivity index (χ2n) is 4.11. The number of esters is 1. The van der Waals surface area contributed by atoms with E-state index in [-0.39, 0.29) is 12.6 Å². The maximum absolute atomic E-state index is 12.0. The fourth-order valence-corrected chi connectivity index (χ4v) is 3.03. The number of nitrogens with zero attached hydrogens (tertiary/aromatic N) is 1. The lowest BCUT2D eigenvalue weighted by atomic mass is 10.5. The van der Waals surface area contributed by atoms with Crippen molar-refractivity contribution in [2.45, 2.75) is 38.0 Å². The van der Waals surface area contributed by atoms with Gasteiger partial charge in [-0.05, 0) is 26.7 Å². The van der Waals surface area contributed by atoms with Gasteiger partial charge in [-0.15, -0.1) is 0 Å². The normalized spacial score (nSPS) is 17.5. The van der Waals surface area contributed by atoms with Gasteiger partial charge in [0.1, 0.15) is 6.54 Å². The van der Waals surface area contributed by atoms with Crippen LogP contribution < -0.4 is 0 Å². The Hall–Kier alpha value is -1.15. The molecule has 8 heteroatoms. The molecule has 1 saturated carbocycles. The molecule has 1 rings (SSSR count). The second-order valence-corrected chi connectivity index (χ2v) is 6.31. The van der Waals surface area contributed by atoms with Gasteiger partial charge < -0.3 is 9.84 Å². The molecule has 0 spiro atoms. The van der Waals surface area contributed by atoms with Gasteiger partial charge >= 0.3 is 11.9 Å². The average Bonchev–Trinajstić information content (AvgIpc) is 3.08. The van der Waals surface area contributed by atoms with Crippen molar-refractivity contribution in [1.29, 1.82) is 0 Å². The summed E-state index contributed by atoms with van der Waals surface area (Å²) in [4.78, 5) is 22.1. The van der Waals surface area contributed by atoms with E-state index >= 15 is 0 Å². The molecule has 1 aliphatic rings. The third-order valence-corrected chi connectivity index (χ3v) is 4.84. The van der Waals surface area contributed by atoms with Crippen LogP contribution in [0.2, 0.25) is 0 Å². The zero-order chi connectivity index (χ0) is 13.9. The molecule has 1 fully saturated rings. The number of hydrogen-bond acceptors (Lipinski definition) is 5. The van der Waals surface area contributed by atoms with Crippen molar-refractivity contribution < 1.29 is 27.9 Å². The van der Waals surface area contributed by atoms with E-state index in [4.69, 9.17) is 9.84 Å². The van der Waals surface area contributed by atoms with Gasteiger partial charge in [-0.25, -0.2) is 8.42 Å². The summed E-state index contributed by atoms with van der Waals surface area (Å²) in [6.07, 6.45) is 1.29. The van der Waals surface area contributed by atoms with Gasteiger partial charge in [0.15, 0.2) is 5.25 Å². The van der Waals surface area contributed by atoms with E-state index in [1.165, 1.54) is 0 Å². The van der Waals surface area contributed by atoms with Crippen molar-refractivity contribution in [3.05, 3.63) is 0 Å². The number of carboxylic acid groups (broad SMARTS) is 1. The third kappa shape index (κ3) is 3.42. The van der Waals surface area contributed by atoms with Crippen molar-refractivity contribution in [3.8, 4) is 0 Å². The summed E-state index contributed by atoms with van der Waals surface area (Å²) in [5.41, 5.74) is 0. The van der Waals surface area contributed by atoms with Crippen LogP contribution in [0, 0.1) is 0 Å². The van der Waals surface area contributed by atoms with Crippen LogP contribution in [0.1, 0.15) is 26.7 Å². The number of aliphatic carboxylic acids is 1. The Bertz CT molecular complexity index is 428. The minimum atomic E-state index is -4.02. The minimum Gasteiger partial charge on any atom is -0.480 e. The number of carbonyl (C=O) groups is 2. The van der Waals surface area contributed by atoms with E-state index < -0.39 is 33.8 Å². The highest BCUT2D eigenvalue weighted by Crippen LogP contribution is 2.30. The molecule has 18 heavy (non-hydrogen) atoms. The molecule has 1 N–H and O–H groups in total. The lowest BCUT2D eigenvalue weighted by Gasteiger charge is -2.22. The predicted molar refractivity (Wildman–Crippen MR) is 62.4 cm³/mol. The molecule has 0 heterocycles. The number of rotatable bonds is 7. The van der Waals surface area contributed by atoms with E-state index in [0.29, 0.717) is 12.8 Å². The summed E-state index contributed by atoms with van der Waals surface area (Å²) < 4.78 is 29.7. The number of hydrogen-bond donors (Lipinski definition) is 1. The largest absolute Gasteiger partial charge is 0.480 e. The number of ether oxygens (including phenoxy) is 1. The highest BCUT2D eigenvalue weighted by molar-refractivity contribution is 7.90. The minimum absolute atomic E-state index is 0.159. The zero-order valence-corrected chi connectivity index (χ0v) is 11.1. The highest BCUT2D eigenvalue weighted by Gasteiger charge is 2.43. The van der Waals surface area contributed by atoms with Crippen LogP contribution in [0.3, 0.4) is 0 Å². The summed E-state index contributed by atoms with van der Waals surface area (Å²) in [6.45, 7) is 2.45. The smallest absolute Gasteiger partial charge is 0.323 e. The van der Waals surface area contributed by atoms with Crippen molar-refractivity contribution >= 4 is 22.0 Å². The monoisotopic (exact) mass is 279 g/mol. The predicted octanol–water partition coefficient (Wildman–Crippen LogP) is -0.183. The number of carbonyl (C=O) groups excluding carboxylic acids is 1. The molecular formula is C10H17NO6S. The summed E-state index contributed by atoms with van der Waals surface area (Å²) in [5, 5.41) is 7.22. The van der Waals surface area contributed by atoms with E-state index in [2.05, 4.69) is 0 Å². The number of sulfonamides is 1. The van der Waals surface area contributed by atoms with Crippen LogP contribution >= 0.6 is 0 Å². The summed E-state index contributed by atoms with van der Waals surface area (Å²) in [7, 11) is -4.02. The van der Waals surface area contributed by atoms with Crippen LogP contribution in [-0.4, -0.2) is 54.2 Å². The maximum atomic E-state index is 12.0. The Kier molecular flexibility index (Phi) is 4.69. The standard InChI is InChI=1S/C10H17NO6S/c1-3-17-9(12)6-11(8-4-5-8)18(15,16)7(2)10(13)14/h7-8H,3-6H2,1-2H3,(H,13,14). The van der Waals surface area contributed by atoms with Crippen LogP contribution in [0.5, 0.6) is 0 Å². The van der Waals surface area contributed by atoms with Crippen molar-refractivity contribution in [2.75, 3.05) is 13.2 Å². The van der Waals surface area contributed by atoms with Crippen LogP contribution in [0.15, 0.2) is 0 Å². The van der Waals surface area contributed by atoms with Gasteiger partial charge in [-0.1, -0.05) is 0 Å². The van der Waals surface area contributed by atoms with Gasteiger partial charge in [0.05, 0.1) is 6.61 Å². The zero-order valence-electron chi connectivity index (χ0n) is 10.3. The molecule has 1 aliphatic carbocycles. The summed E-state index contributed by atoms with van der Waals surface area (Å²) >= 11 is 0. The molecule has 1 unspecified atom stereocenters. The SMILES string of the molecule is CCOC(=O)CN(C1CC1)S(=O)(=O)C(C)C(=O)O. The molecule has 0 radical (unpaired) electrons. The lowest BCUT2D eigenvalue weighted by molar-refractivity contribution is -0.143. The van der Waals surface area contributed by atoms with E-state index in [0.717, 1.165) is 11.2 Å². The van der Waals surface area contributed by atoms with Gasteiger partial charge in [-0.2, -0.15) is 4.31 Å². The Morgan fingerprint density at radius 3 is 2.39 bits per heavy atom. The molecule has 0 amide bonds. The van der Waals surface area contributed by atoms with Crippen LogP contribution in [0.25, 0.3) is 0 Å². The highest BCUT2D eigenvalue weighted by atomic mass is 32.2. The van der Waals surface area contributed by atoms with E-state index in [1.807, 2.05) is 0 Å². The molecule has 0 saturated heterocycles. The van der Waals surface area contributed by atoms with Gasteiger partial charge in [0, 0.05) is 6.04 Å². The molecule has 0 bridgehead atoms. The second kappa shape index (κ2) is 5.66. The molecule has 1 atom stereocenters. The molecule has 0 aliphatic heterocycles. The summed E-state index contributed by atoms with van der Waals surface area (Å²) in [5.74, 6) is -2.09. The van der Waals surface area contributed by atoms with Crippen molar-refractivity contribution in [2.24, 2.45) is 0 Å². The molecule has 0 aromatic carbocycles. The fraction of sp³-hybridized carbons (Fsp3) is 0.800.